The second-order valence-electron chi connectivity index (χ2n) is 9.38. The van der Waals surface area contributed by atoms with Crippen LogP contribution in [0.2, 0.25) is 0 Å². The molecule has 184 valence electrons. The van der Waals surface area contributed by atoms with Gasteiger partial charge in [-0.25, -0.2) is 9.59 Å². The average Bonchev–Trinajstić information content (AvgIpc) is 3.47. The minimum atomic E-state index is -0.520. The van der Waals surface area contributed by atoms with Crippen LogP contribution >= 0.6 is 0 Å². The van der Waals surface area contributed by atoms with Gasteiger partial charge in [0.1, 0.15) is 12.8 Å². The molecule has 5 heterocycles. The largest absolute Gasteiger partial charge is 0.474 e. The van der Waals surface area contributed by atoms with Gasteiger partial charge in [-0.1, -0.05) is 34.3 Å². The number of aromatic amines is 2. The van der Waals surface area contributed by atoms with E-state index in [1.54, 1.807) is 13.1 Å². The Labute approximate surface area is 195 Å². The summed E-state index contributed by atoms with van der Waals surface area (Å²) in [4.78, 5) is 50.2. The maximum atomic E-state index is 11.8. The molecule has 3 saturated heterocycles. The number of allylic oxidation sites excluding steroid dienone is 1. The van der Waals surface area contributed by atoms with Crippen LogP contribution in [0.15, 0.2) is 50.0 Å². The lowest BCUT2D eigenvalue weighted by atomic mass is 9.93. The van der Waals surface area contributed by atoms with Crippen molar-refractivity contribution in [2.75, 3.05) is 6.61 Å². The van der Waals surface area contributed by atoms with E-state index in [1.807, 2.05) is 20.8 Å². The van der Waals surface area contributed by atoms with Gasteiger partial charge in [0.25, 0.3) is 11.1 Å². The maximum Gasteiger partial charge on any atom is 0.331 e. The maximum absolute atomic E-state index is 11.8. The number of nitrogens with zero attached hydrogens (tertiary/aromatic N) is 2. The second kappa shape index (κ2) is 8.55. The highest BCUT2D eigenvalue weighted by atomic mass is 16.8. The van der Waals surface area contributed by atoms with Gasteiger partial charge >= 0.3 is 11.4 Å². The van der Waals surface area contributed by atoms with E-state index in [-0.39, 0.29) is 41.7 Å². The molecule has 0 saturated carbocycles. The van der Waals surface area contributed by atoms with Crippen molar-refractivity contribution >= 4 is 0 Å². The molecule has 0 aliphatic carbocycles. The number of epoxide rings is 1. The third-order valence-electron chi connectivity index (χ3n) is 7.25. The Kier molecular flexibility index (Phi) is 6.03. The minimum absolute atomic E-state index is 0.149. The number of H-pyrrole nitrogens is 2. The summed E-state index contributed by atoms with van der Waals surface area (Å²) >= 11 is 0. The molecular formula is C23H30N4O7. The molecule has 0 radical (unpaired) electrons. The molecule has 3 aliphatic heterocycles. The molecule has 2 aromatic rings. The van der Waals surface area contributed by atoms with Crippen LogP contribution in [0.3, 0.4) is 0 Å². The van der Waals surface area contributed by atoms with E-state index in [9.17, 15) is 19.2 Å². The number of hydrogen-bond acceptors (Lipinski definition) is 7. The van der Waals surface area contributed by atoms with E-state index in [0.717, 1.165) is 0 Å². The minimum Gasteiger partial charge on any atom is -0.474 e. The molecule has 0 bridgehead atoms. The van der Waals surface area contributed by atoms with E-state index in [1.165, 1.54) is 21.4 Å². The molecule has 11 nitrogen and oxygen atoms in total. The summed E-state index contributed by atoms with van der Waals surface area (Å²) in [5, 5.41) is 0. The zero-order valence-corrected chi connectivity index (χ0v) is 19.9. The Balaban J connectivity index is 0.000000162. The predicted molar refractivity (Wildman–Crippen MR) is 122 cm³/mol. The summed E-state index contributed by atoms with van der Waals surface area (Å²) in [7, 11) is 0. The summed E-state index contributed by atoms with van der Waals surface area (Å²) in [6.45, 7) is 14.1. The molecule has 7 atom stereocenters. The fourth-order valence-electron chi connectivity index (χ4n) is 4.40. The van der Waals surface area contributed by atoms with Crippen LogP contribution in [-0.2, 0) is 14.2 Å². The number of aromatic nitrogens is 4. The zero-order chi connectivity index (χ0) is 24.9. The highest BCUT2D eigenvalue weighted by Crippen LogP contribution is 2.52. The van der Waals surface area contributed by atoms with Gasteiger partial charge in [0, 0.05) is 47.7 Å². The van der Waals surface area contributed by atoms with Gasteiger partial charge in [0.15, 0.2) is 12.0 Å². The summed E-state index contributed by atoms with van der Waals surface area (Å²) < 4.78 is 19.6. The highest BCUT2D eigenvalue weighted by Gasteiger charge is 2.61. The van der Waals surface area contributed by atoms with Crippen LogP contribution in [0.1, 0.15) is 45.7 Å². The van der Waals surface area contributed by atoms with Crippen molar-refractivity contribution < 1.29 is 14.2 Å². The van der Waals surface area contributed by atoms with Crippen molar-refractivity contribution in [1.29, 1.82) is 0 Å². The number of aryl methyl sites for hydroxylation is 1. The Morgan fingerprint density at radius 2 is 1.65 bits per heavy atom. The van der Waals surface area contributed by atoms with Gasteiger partial charge in [-0.15, -0.1) is 0 Å². The first kappa shape index (κ1) is 24.0. The summed E-state index contributed by atoms with van der Waals surface area (Å²) in [6.07, 6.45) is 2.24. The SMILES string of the molecule is C=C1OC(n2ccc(=O)[nH]c2=O)C(C)C1C.Cc1cn(C2OC3(CO3)C(C)C2C)c(=O)[nH]c1=O. The van der Waals surface area contributed by atoms with Crippen LogP contribution in [0, 0.1) is 30.6 Å². The van der Waals surface area contributed by atoms with Crippen molar-refractivity contribution in [3.63, 3.8) is 0 Å². The molecule has 5 rings (SSSR count). The summed E-state index contributed by atoms with van der Waals surface area (Å²) in [6, 6.07) is 1.31. The first-order valence-corrected chi connectivity index (χ1v) is 11.3. The molecule has 0 amide bonds. The first-order valence-electron chi connectivity index (χ1n) is 11.3. The van der Waals surface area contributed by atoms with E-state index in [2.05, 4.69) is 23.5 Å². The zero-order valence-electron chi connectivity index (χ0n) is 19.9. The average molecular weight is 475 g/mol. The number of hydrogen-bond donors (Lipinski definition) is 2. The lowest BCUT2D eigenvalue weighted by Gasteiger charge is -2.18. The third-order valence-corrected chi connectivity index (χ3v) is 7.25. The number of nitrogens with one attached hydrogen (secondary N) is 2. The van der Waals surface area contributed by atoms with Gasteiger partial charge in [0.05, 0.1) is 5.76 Å². The number of rotatable bonds is 2. The lowest BCUT2D eigenvalue weighted by molar-refractivity contribution is -0.0836. The van der Waals surface area contributed by atoms with Crippen LogP contribution in [0.4, 0.5) is 0 Å². The van der Waals surface area contributed by atoms with E-state index in [4.69, 9.17) is 14.2 Å². The molecular weight excluding hydrogens is 444 g/mol. The third kappa shape index (κ3) is 4.09. The lowest BCUT2D eigenvalue weighted by Crippen LogP contribution is -2.35. The van der Waals surface area contributed by atoms with Crippen LogP contribution in [-0.4, -0.2) is 31.5 Å². The Bertz CT molecular complexity index is 1330. The second-order valence-corrected chi connectivity index (χ2v) is 9.38. The fraction of sp³-hybridized carbons (Fsp3) is 0.565. The first-order chi connectivity index (χ1) is 15.9. The van der Waals surface area contributed by atoms with Crippen molar-refractivity contribution in [3.05, 3.63) is 78.0 Å². The van der Waals surface area contributed by atoms with Gasteiger partial charge in [0.2, 0.25) is 0 Å². The van der Waals surface area contributed by atoms with Crippen LogP contribution in [0.5, 0.6) is 0 Å². The van der Waals surface area contributed by atoms with Crippen molar-refractivity contribution in [3.8, 4) is 0 Å². The van der Waals surface area contributed by atoms with E-state index < -0.39 is 22.7 Å². The summed E-state index contributed by atoms with van der Waals surface area (Å²) in [5.74, 6) is 0.876. The Hall–Kier alpha value is -3.18. The van der Waals surface area contributed by atoms with E-state index >= 15 is 0 Å². The van der Waals surface area contributed by atoms with Crippen LogP contribution < -0.4 is 22.5 Å². The summed E-state index contributed by atoms with van der Waals surface area (Å²) in [5.41, 5.74) is -1.15. The quantitative estimate of drug-likeness (QED) is 0.624. The molecule has 1 spiro atoms. The monoisotopic (exact) mass is 474 g/mol. The van der Waals surface area contributed by atoms with Crippen molar-refractivity contribution in [1.82, 2.24) is 19.1 Å². The molecule has 0 aromatic carbocycles. The van der Waals surface area contributed by atoms with Crippen molar-refractivity contribution in [2.45, 2.75) is 52.9 Å². The molecule has 3 aliphatic rings. The van der Waals surface area contributed by atoms with E-state index in [0.29, 0.717) is 17.9 Å². The van der Waals surface area contributed by atoms with Gasteiger partial charge < -0.3 is 14.2 Å². The molecule has 11 heteroatoms. The van der Waals surface area contributed by atoms with Crippen LogP contribution in [0.25, 0.3) is 0 Å². The van der Waals surface area contributed by atoms with Gasteiger partial charge in [-0.05, 0) is 6.92 Å². The van der Waals surface area contributed by atoms with Gasteiger partial charge in [-0.2, -0.15) is 0 Å². The smallest absolute Gasteiger partial charge is 0.331 e. The van der Waals surface area contributed by atoms with Gasteiger partial charge in [-0.3, -0.25) is 28.7 Å². The molecule has 2 N–H and O–H groups in total. The topological polar surface area (TPSA) is 141 Å². The normalized spacial score (nSPS) is 34.0. The Morgan fingerprint density at radius 1 is 1.00 bits per heavy atom. The predicted octanol–water partition coefficient (Wildman–Crippen LogP) is 1.22. The van der Waals surface area contributed by atoms with Crippen molar-refractivity contribution in [2.24, 2.45) is 23.7 Å². The fourth-order valence-corrected chi connectivity index (χ4v) is 4.40. The molecule has 7 unspecified atom stereocenters. The standard InChI is InChI=1S/C12H16N2O4.C11H14N2O3/c1-6-4-14(11(16)13-9(6)15)10-7(2)8(3)12(18-10)5-17-12;1-6-7(2)10(16-8(6)3)13-5-4-9(14)12-11(13)15/h4,7-8,10H,5H2,1-3H3,(H,13,15,16);4-7,10H,3H2,1-2H3,(H,12,14,15). The molecule has 34 heavy (non-hydrogen) atoms. The number of ether oxygens (including phenoxy) is 3. The molecule has 2 aromatic heterocycles. The Morgan fingerprint density at radius 3 is 2.18 bits per heavy atom. The highest BCUT2D eigenvalue weighted by molar-refractivity contribution is 5.04. The molecule has 3 fully saturated rings.